The molecule has 3 heteroatoms. The third-order valence-corrected chi connectivity index (χ3v) is 4.21. The van der Waals surface area contributed by atoms with Crippen LogP contribution in [0.25, 0.3) is 33.3 Å². The molecule has 106 valence electrons. The van der Waals surface area contributed by atoms with Gasteiger partial charge in [0.2, 0.25) is 0 Å². The van der Waals surface area contributed by atoms with Crippen LogP contribution < -0.4 is 0 Å². The van der Waals surface area contributed by atoms with Crippen molar-refractivity contribution in [3.05, 3.63) is 77.5 Å². The highest BCUT2D eigenvalue weighted by Crippen LogP contribution is 2.38. The van der Waals surface area contributed by atoms with Crippen molar-refractivity contribution in [3.63, 3.8) is 0 Å². The third-order valence-electron chi connectivity index (χ3n) is 3.77. The van der Waals surface area contributed by atoms with Gasteiger partial charge >= 0.3 is 0 Å². The first-order valence-corrected chi connectivity index (χ1v) is 7.90. The number of pyridine rings is 1. The second kappa shape index (κ2) is 5.43. The van der Waals surface area contributed by atoms with Crippen molar-refractivity contribution < 1.29 is 0 Å². The fraction of sp³-hybridized carbons (Fsp3) is 0. The van der Waals surface area contributed by atoms with E-state index in [0.29, 0.717) is 0 Å². The molecule has 0 saturated carbocycles. The summed E-state index contributed by atoms with van der Waals surface area (Å²) in [6.45, 7) is 0. The van der Waals surface area contributed by atoms with Gasteiger partial charge in [-0.15, -0.1) is 0 Å². The van der Waals surface area contributed by atoms with Crippen molar-refractivity contribution in [1.82, 2.24) is 9.97 Å². The Hall–Kier alpha value is -2.39. The van der Waals surface area contributed by atoms with Crippen LogP contribution in [-0.2, 0) is 0 Å². The number of aromatic nitrogens is 2. The molecule has 0 aliphatic carbocycles. The van der Waals surface area contributed by atoms with Crippen LogP contribution in [-0.4, -0.2) is 9.97 Å². The lowest BCUT2D eigenvalue weighted by Gasteiger charge is -2.05. The largest absolute Gasteiger partial charge is 0.354 e. The molecule has 4 rings (SSSR count). The zero-order chi connectivity index (χ0) is 14.9. The van der Waals surface area contributed by atoms with Gasteiger partial charge in [0.25, 0.3) is 0 Å². The lowest BCUT2D eigenvalue weighted by atomic mass is 9.99. The molecule has 0 bridgehead atoms. The molecule has 0 radical (unpaired) electrons. The average molecular weight is 349 g/mol. The van der Waals surface area contributed by atoms with Gasteiger partial charge in [-0.1, -0.05) is 60.7 Å². The average Bonchev–Trinajstić information content (AvgIpc) is 2.95. The number of nitrogens with one attached hydrogen (secondary N) is 1. The fourth-order valence-corrected chi connectivity index (χ4v) is 3.12. The van der Waals surface area contributed by atoms with Gasteiger partial charge in [-0.25, -0.2) is 4.98 Å². The van der Waals surface area contributed by atoms with Crippen LogP contribution in [0.1, 0.15) is 0 Å². The van der Waals surface area contributed by atoms with E-state index in [1.165, 1.54) is 16.7 Å². The molecule has 22 heavy (non-hydrogen) atoms. The molecule has 2 heterocycles. The zero-order valence-electron chi connectivity index (χ0n) is 11.8. The van der Waals surface area contributed by atoms with Gasteiger partial charge in [0.1, 0.15) is 4.60 Å². The van der Waals surface area contributed by atoms with Gasteiger partial charge in [0.05, 0.1) is 11.2 Å². The number of hydrogen-bond donors (Lipinski definition) is 1. The summed E-state index contributed by atoms with van der Waals surface area (Å²) >= 11 is 3.45. The quantitative estimate of drug-likeness (QED) is 0.465. The SMILES string of the molecule is Brc1cc2[nH]c(-c3ccccc3)c(-c3ccccc3)c2cn1. The molecular weight excluding hydrogens is 336 g/mol. The summed E-state index contributed by atoms with van der Waals surface area (Å²) in [6, 6.07) is 22.9. The van der Waals surface area contributed by atoms with Gasteiger partial charge in [-0.2, -0.15) is 0 Å². The molecule has 0 saturated heterocycles. The number of nitrogens with zero attached hydrogens (tertiary/aromatic N) is 1. The van der Waals surface area contributed by atoms with Crippen molar-refractivity contribution >= 4 is 26.8 Å². The number of rotatable bonds is 2. The molecular formula is C19H13BrN2. The Morgan fingerprint density at radius 3 is 2.14 bits per heavy atom. The Morgan fingerprint density at radius 1 is 0.818 bits per heavy atom. The third kappa shape index (κ3) is 2.24. The van der Waals surface area contributed by atoms with Crippen LogP contribution in [0.2, 0.25) is 0 Å². The van der Waals surface area contributed by atoms with Gasteiger partial charge in [0, 0.05) is 17.1 Å². The van der Waals surface area contributed by atoms with E-state index in [4.69, 9.17) is 0 Å². The maximum Gasteiger partial charge on any atom is 0.108 e. The smallest absolute Gasteiger partial charge is 0.108 e. The summed E-state index contributed by atoms with van der Waals surface area (Å²) in [5, 5.41) is 1.13. The molecule has 1 N–H and O–H groups in total. The Morgan fingerprint density at radius 2 is 1.45 bits per heavy atom. The predicted octanol–water partition coefficient (Wildman–Crippen LogP) is 5.66. The minimum Gasteiger partial charge on any atom is -0.354 e. The van der Waals surface area contributed by atoms with E-state index >= 15 is 0 Å². The molecule has 0 aliphatic heterocycles. The van der Waals surface area contributed by atoms with Crippen LogP contribution >= 0.6 is 15.9 Å². The van der Waals surface area contributed by atoms with E-state index in [9.17, 15) is 0 Å². The molecule has 0 spiro atoms. The van der Waals surface area contributed by atoms with E-state index in [1.807, 2.05) is 24.4 Å². The molecule has 0 amide bonds. The number of fused-ring (bicyclic) bond motifs is 1. The minimum absolute atomic E-state index is 0.834. The van der Waals surface area contributed by atoms with Crippen molar-refractivity contribution in [2.24, 2.45) is 0 Å². The molecule has 4 aromatic rings. The lowest BCUT2D eigenvalue weighted by Crippen LogP contribution is -1.82. The van der Waals surface area contributed by atoms with Crippen molar-refractivity contribution in [1.29, 1.82) is 0 Å². The van der Waals surface area contributed by atoms with Crippen LogP contribution in [0.3, 0.4) is 0 Å². The van der Waals surface area contributed by atoms with Gasteiger partial charge in [0.15, 0.2) is 0 Å². The summed E-state index contributed by atoms with van der Waals surface area (Å²) in [4.78, 5) is 7.95. The van der Waals surface area contributed by atoms with E-state index in [-0.39, 0.29) is 0 Å². The molecule has 0 aliphatic rings. The summed E-state index contributed by atoms with van der Waals surface area (Å²) < 4.78 is 0.834. The monoisotopic (exact) mass is 348 g/mol. The van der Waals surface area contributed by atoms with E-state index in [0.717, 1.165) is 21.2 Å². The molecule has 0 atom stereocenters. The first-order chi connectivity index (χ1) is 10.8. The summed E-state index contributed by atoms with van der Waals surface area (Å²) in [6.07, 6.45) is 1.92. The summed E-state index contributed by atoms with van der Waals surface area (Å²) in [5.74, 6) is 0. The maximum absolute atomic E-state index is 4.40. The first kappa shape index (κ1) is 13.3. The van der Waals surface area contributed by atoms with E-state index in [2.05, 4.69) is 74.4 Å². The van der Waals surface area contributed by atoms with Gasteiger partial charge in [-0.3, -0.25) is 0 Å². The first-order valence-electron chi connectivity index (χ1n) is 7.11. The summed E-state index contributed by atoms with van der Waals surface area (Å²) in [5.41, 5.74) is 5.77. The van der Waals surface area contributed by atoms with Gasteiger partial charge in [-0.05, 0) is 33.1 Å². The van der Waals surface area contributed by atoms with E-state index < -0.39 is 0 Å². The number of H-pyrrole nitrogens is 1. The Bertz CT molecular complexity index is 928. The predicted molar refractivity (Wildman–Crippen MR) is 94.7 cm³/mol. The second-order valence-corrected chi connectivity index (χ2v) is 5.97. The summed E-state index contributed by atoms with van der Waals surface area (Å²) in [7, 11) is 0. The number of halogens is 1. The van der Waals surface area contributed by atoms with E-state index in [1.54, 1.807) is 0 Å². The van der Waals surface area contributed by atoms with Crippen LogP contribution in [0.5, 0.6) is 0 Å². The Kier molecular flexibility index (Phi) is 3.28. The van der Waals surface area contributed by atoms with Gasteiger partial charge < -0.3 is 4.98 Å². The molecule has 0 unspecified atom stereocenters. The number of hydrogen-bond acceptors (Lipinski definition) is 1. The molecule has 0 fully saturated rings. The Labute approximate surface area is 137 Å². The standard InChI is InChI=1S/C19H13BrN2/c20-17-11-16-15(12-21-17)18(13-7-3-1-4-8-13)19(22-16)14-9-5-2-6-10-14/h1-12,22H. The molecule has 2 aromatic carbocycles. The zero-order valence-corrected chi connectivity index (χ0v) is 13.3. The normalized spacial score (nSPS) is 11.0. The highest BCUT2D eigenvalue weighted by Gasteiger charge is 2.15. The number of benzene rings is 2. The van der Waals surface area contributed by atoms with Crippen LogP contribution in [0.15, 0.2) is 77.5 Å². The highest BCUT2D eigenvalue weighted by molar-refractivity contribution is 9.10. The highest BCUT2D eigenvalue weighted by atomic mass is 79.9. The van der Waals surface area contributed by atoms with Crippen molar-refractivity contribution in [2.45, 2.75) is 0 Å². The Balaban J connectivity index is 2.07. The minimum atomic E-state index is 0.834. The van der Waals surface area contributed by atoms with Crippen LogP contribution in [0, 0.1) is 0 Å². The fourth-order valence-electron chi connectivity index (χ4n) is 2.79. The lowest BCUT2D eigenvalue weighted by molar-refractivity contribution is 1.30. The number of aromatic amines is 1. The van der Waals surface area contributed by atoms with Crippen molar-refractivity contribution in [2.75, 3.05) is 0 Å². The topological polar surface area (TPSA) is 28.7 Å². The van der Waals surface area contributed by atoms with Crippen LogP contribution in [0.4, 0.5) is 0 Å². The van der Waals surface area contributed by atoms with Crippen molar-refractivity contribution in [3.8, 4) is 22.4 Å². The second-order valence-electron chi connectivity index (χ2n) is 5.16. The molecule has 2 nitrogen and oxygen atoms in total. The molecule has 2 aromatic heterocycles. The maximum atomic E-state index is 4.40.